The Morgan fingerprint density at radius 2 is 1.74 bits per heavy atom. The first kappa shape index (κ1) is 20.4. The highest BCUT2D eigenvalue weighted by atomic mass is 32.2. The van der Waals surface area contributed by atoms with Crippen LogP contribution in [0.1, 0.15) is 5.82 Å². The number of nitrogens with zero attached hydrogens (tertiary/aromatic N) is 4. The fraction of sp³-hybridized carbons (Fsp3) is 0.0500. The van der Waals surface area contributed by atoms with Crippen molar-refractivity contribution in [1.29, 1.82) is 0 Å². The van der Waals surface area contributed by atoms with Crippen molar-refractivity contribution in [3.05, 3.63) is 84.4 Å². The molecule has 0 bridgehead atoms. The molecule has 0 atom stereocenters. The second-order valence-electron chi connectivity index (χ2n) is 6.38. The zero-order valence-corrected chi connectivity index (χ0v) is 16.8. The number of aryl methyl sites for hydroxylation is 1. The molecule has 158 valence electrons. The van der Waals surface area contributed by atoms with Gasteiger partial charge in [-0.1, -0.05) is 0 Å². The second-order valence-corrected chi connectivity index (χ2v) is 8.06. The Bertz CT molecular complexity index is 1320. The van der Waals surface area contributed by atoms with Gasteiger partial charge in [-0.25, -0.2) is 22.2 Å². The van der Waals surface area contributed by atoms with Crippen molar-refractivity contribution >= 4 is 15.7 Å². The van der Waals surface area contributed by atoms with Crippen molar-refractivity contribution in [2.45, 2.75) is 11.8 Å². The first-order valence-corrected chi connectivity index (χ1v) is 10.4. The normalized spacial score (nSPS) is 11.3. The minimum Gasteiger partial charge on any atom is -0.438 e. The molecule has 31 heavy (non-hydrogen) atoms. The Hall–Kier alpha value is -3.86. The van der Waals surface area contributed by atoms with Crippen LogP contribution < -0.4 is 9.46 Å². The highest BCUT2D eigenvalue weighted by Gasteiger charge is 2.17. The maximum atomic E-state index is 13.3. The van der Waals surface area contributed by atoms with E-state index in [9.17, 15) is 17.2 Å². The van der Waals surface area contributed by atoms with Gasteiger partial charge in [0.25, 0.3) is 10.0 Å². The number of benzene rings is 2. The Balaban J connectivity index is 1.44. The molecule has 0 amide bonds. The lowest BCUT2D eigenvalue weighted by molar-refractivity contribution is 0.454. The minimum absolute atomic E-state index is 0.217. The lowest BCUT2D eigenvalue weighted by atomic mass is 10.3. The van der Waals surface area contributed by atoms with Crippen LogP contribution in [0.3, 0.4) is 0 Å². The zero-order chi connectivity index (χ0) is 22.0. The average molecular weight is 443 g/mol. The number of rotatable bonds is 6. The summed E-state index contributed by atoms with van der Waals surface area (Å²) in [7, 11) is -4.08. The number of hydrogen-bond acceptors (Lipinski definition) is 6. The van der Waals surface area contributed by atoms with Crippen LogP contribution in [0.25, 0.3) is 5.82 Å². The molecular weight excluding hydrogens is 428 g/mol. The Labute approximate surface area is 176 Å². The fourth-order valence-electron chi connectivity index (χ4n) is 2.69. The summed E-state index contributed by atoms with van der Waals surface area (Å²) in [4.78, 5) is 3.73. The van der Waals surface area contributed by atoms with E-state index in [2.05, 4.69) is 19.9 Å². The third kappa shape index (κ3) is 4.51. The Morgan fingerprint density at radius 1 is 0.968 bits per heavy atom. The summed E-state index contributed by atoms with van der Waals surface area (Å²) < 4.78 is 60.7. The molecule has 0 aliphatic heterocycles. The Kier molecular flexibility index (Phi) is 5.34. The van der Waals surface area contributed by atoms with Crippen LogP contribution in [0, 0.1) is 18.6 Å². The molecule has 2 heterocycles. The predicted octanol–water partition coefficient (Wildman–Crippen LogP) is 3.84. The minimum atomic E-state index is -4.08. The number of nitrogens with one attached hydrogen (secondary N) is 1. The summed E-state index contributed by atoms with van der Waals surface area (Å²) in [6.07, 6.45) is 3.42. The van der Waals surface area contributed by atoms with E-state index in [1.165, 1.54) is 24.3 Å². The van der Waals surface area contributed by atoms with Crippen molar-refractivity contribution in [3.8, 4) is 17.4 Å². The maximum Gasteiger partial charge on any atom is 0.261 e. The highest BCUT2D eigenvalue weighted by Crippen LogP contribution is 2.24. The van der Waals surface area contributed by atoms with Gasteiger partial charge in [0.1, 0.15) is 11.6 Å². The van der Waals surface area contributed by atoms with E-state index in [4.69, 9.17) is 4.74 Å². The molecule has 0 unspecified atom stereocenters. The van der Waals surface area contributed by atoms with Gasteiger partial charge in [-0.15, -0.1) is 10.2 Å². The third-order valence-electron chi connectivity index (χ3n) is 4.23. The van der Waals surface area contributed by atoms with E-state index < -0.39 is 26.6 Å². The molecule has 2 aromatic carbocycles. The quantitative estimate of drug-likeness (QED) is 0.486. The topological polar surface area (TPSA) is 99.0 Å². The van der Waals surface area contributed by atoms with E-state index in [-0.39, 0.29) is 11.6 Å². The van der Waals surface area contributed by atoms with E-state index in [1.54, 1.807) is 29.1 Å². The molecule has 4 rings (SSSR count). The number of hydrogen-bond donors (Lipinski definition) is 1. The van der Waals surface area contributed by atoms with Crippen molar-refractivity contribution < 1.29 is 21.9 Å². The van der Waals surface area contributed by atoms with Gasteiger partial charge >= 0.3 is 0 Å². The van der Waals surface area contributed by atoms with E-state index in [0.717, 1.165) is 18.0 Å². The van der Waals surface area contributed by atoms with Gasteiger partial charge in [0, 0.05) is 24.1 Å². The van der Waals surface area contributed by atoms with Gasteiger partial charge in [-0.2, -0.15) is 0 Å². The highest BCUT2D eigenvalue weighted by molar-refractivity contribution is 7.92. The second kappa shape index (κ2) is 8.11. The molecule has 11 heteroatoms. The number of sulfonamides is 1. The van der Waals surface area contributed by atoms with Gasteiger partial charge in [-0.3, -0.25) is 9.29 Å². The predicted molar refractivity (Wildman–Crippen MR) is 108 cm³/mol. The molecule has 8 nitrogen and oxygen atoms in total. The molecule has 1 N–H and O–H groups in total. The lowest BCUT2D eigenvalue weighted by Gasteiger charge is -2.10. The molecule has 0 aliphatic rings. The van der Waals surface area contributed by atoms with E-state index in [0.29, 0.717) is 17.6 Å². The zero-order valence-electron chi connectivity index (χ0n) is 16.0. The van der Waals surface area contributed by atoms with Crippen LogP contribution >= 0.6 is 0 Å². The monoisotopic (exact) mass is 443 g/mol. The number of imidazole rings is 1. The van der Waals surface area contributed by atoms with Crippen molar-refractivity contribution in [2.24, 2.45) is 0 Å². The number of anilines is 1. The third-order valence-corrected chi connectivity index (χ3v) is 5.61. The van der Waals surface area contributed by atoms with Crippen molar-refractivity contribution in [2.75, 3.05) is 4.72 Å². The number of ether oxygens (including phenoxy) is 1. The average Bonchev–Trinajstić information content (AvgIpc) is 3.17. The van der Waals surface area contributed by atoms with Gasteiger partial charge in [-0.05, 0) is 55.5 Å². The largest absolute Gasteiger partial charge is 0.438 e. The van der Waals surface area contributed by atoms with E-state index >= 15 is 0 Å². The molecule has 0 radical (unpaired) electrons. The molecule has 0 saturated carbocycles. The summed E-state index contributed by atoms with van der Waals surface area (Å²) in [5.74, 6) is -0.374. The molecule has 0 spiro atoms. The Morgan fingerprint density at radius 3 is 2.35 bits per heavy atom. The molecule has 0 saturated heterocycles. The smallest absolute Gasteiger partial charge is 0.261 e. The fourth-order valence-corrected chi connectivity index (χ4v) is 3.76. The summed E-state index contributed by atoms with van der Waals surface area (Å²) in [5.41, 5.74) is 0.217. The summed E-state index contributed by atoms with van der Waals surface area (Å²) in [6.45, 7) is 1.84. The van der Waals surface area contributed by atoms with Crippen LogP contribution in [0.2, 0.25) is 0 Å². The number of aromatic nitrogens is 4. The van der Waals surface area contributed by atoms with Crippen LogP contribution in [0.5, 0.6) is 11.6 Å². The van der Waals surface area contributed by atoms with Crippen LogP contribution in [0.4, 0.5) is 14.5 Å². The lowest BCUT2D eigenvalue weighted by Crippen LogP contribution is -2.13. The molecule has 0 fully saturated rings. The SMILES string of the molecule is Cc1nccn1-c1ccc(Oc2ccc(NS(=O)(=O)c3ccc(F)c(F)c3)cc2)nn1. The summed E-state index contributed by atoms with van der Waals surface area (Å²) in [6, 6.07) is 11.7. The van der Waals surface area contributed by atoms with Gasteiger partial charge < -0.3 is 4.74 Å². The van der Waals surface area contributed by atoms with Gasteiger partial charge in [0.05, 0.1) is 4.90 Å². The van der Waals surface area contributed by atoms with Gasteiger partial charge in [0.15, 0.2) is 17.5 Å². The first-order valence-electron chi connectivity index (χ1n) is 8.92. The molecular formula is C20H15F2N5O3S. The number of halogens is 2. The molecule has 2 aromatic heterocycles. The standard InChI is InChI=1S/C20H15F2N5O3S/c1-13-23-10-11-27(13)19-8-9-20(25-24-19)30-15-4-2-14(3-5-15)26-31(28,29)16-6-7-17(21)18(22)12-16/h2-12,26H,1H3. The van der Waals surface area contributed by atoms with Crippen LogP contribution in [-0.4, -0.2) is 28.2 Å². The maximum absolute atomic E-state index is 13.3. The van der Waals surface area contributed by atoms with Crippen LogP contribution in [0.15, 0.2) is 71.9 Å². The summed E-state index contributed by atoms with van der Waals surface area (Å²) in [5, 5.41) is 8.10. The van der Waals surface area contributed by atoms with Crippen LogP contribution in [-0.2, 0) is 10.0 Å². The first-order chi connectivity index (χ1) is 14.8. The van der Waals surface area contributed by atoms with Gasteiger partial charge in [0.2, 0.25) is 5.88 Å². The molecule has 4 aromatic rings. The van der Waals surface area contributed by atoms with Crippen molar-refractivity contribution in [1.82, 2.24) is 19.7 Å². The van der Waals surface area contributed by atoms with E-state index in [1.807, 2.05) is 6.92 Å². The summed E-state index contributed by atoms with van der Waals surface area (Å²) >= 11 is 0. The molecule has 0 aliphatic carbocycles. The van der Waals surface area contributed by atoms with Crippen molar-refractivity contribution in [3.63, 3.8) is 0 Å².